The zero-order chi connectivity index (χ0) is 15.1. The fraction of sp³-hybridized carbons (Fsp3) is 0.733. The molecule has 0 heterocycles. The van der Waals surface area contributed by atoms with Crippen LogP contribution in [0.4, 0.5) is 4.79 Å². The van der Waals surface area contributed by atoms with Gasteiger partial charge in [0.25, 0.3) is 0 Å². The predicted molar refractivity (Wildman–Crippen MR) is 79.8 cm³/mol. The molecule has 110 valence electrons. The van der Waals surface area contributed by atoms with Crippen molar-refractivity contribution in [3.63, 3.8) is 0 Å². The lowest BCUT2D eigenvalue weighted by atomic mass is 9.78. The van der Waals surface area contributed by atoms with Gasteiger partial charge in [-0.3, -0.25) is 0 Å². The van der Waals surface area contributed by atoms with Crippen LogP contribution in [0.5, 0.6) is 0 Å². The number of hydrogen-bond acceptors (Lipinski definition) is 3. The maximum atomic E-state index is 11.5. The number of carbonyl (C=O) groups is 1. The van der Waals surface area contributed by atoms with Gasteiger partial charge in [0.2, 0.25) is 0 Å². The number of hydrogen-bond donors (Lipinski definition) is 2. The van der Waals surface area contributed by atoms with Crippen LogP contribution in [0.2, 0.25) is 0 Å². The monoisotopic (exact) mass is 268 g/mol. The predicted octanol–water partition coefficient (Wildman–Crippen LogP) is 3.91. The van der Waals surface area contributed by atoms with Crippen molar-refractivity contribution >= 4 is 12.3 Å². The van der Waals surface area contributed by atoms with Gasteiger partial charge in [-0.1, -0.05) is 26.8 Å². The van der Waals surface area contributed by atoms with Crippen molar-refractivity contribution in [2.75, 3.05) is 6.54 Å². The van der Waals surface area contributed by atoms with Crippen LogP contribution in [0.1, 0.15) is 53.9 Å². The van der Waals surface area contributed by atoms with Crippen molar-refractivity contribution in [1.29, 1.82) is 5.41 Å². The van der Waals surface area contributed by atoms with Gasteiger partial charge in [0.05, 0.1) is 0 Å². The molecule has 1 unspecified atom stereocenters. The Hall–Kier alpha value is -1.32. The van der Waals surface area contributed by atoms with Crippen molar-refractivity contribution in [3.05, 3.63) is 12.2 Å². The summed E-state index contributed by atoms with van der Waals surface area (Å²) < 4.78 is 5.18. The average molecular weight is 268 g/mol. The summed E-state index contributed by atoms with van der Waals surface area (Å²) in [6.45, 7) is 14.2. The third-order valence-electron chi connectivity index (χ3n) is 3.11. The minimum absolute atomic E-state index is 0.0592. The molecular formula is C15H28N2O2. The Kier molecular flexibility index (Phi) is 6.81. The highest BCUT2D eigenvalue weighted by Gasteiger charge is 2.23. The van der Waals surface area contributed by atoms with Crippen LogP contribution in [0.15, 0.2) is 12.2 Å². The van der Waals surface area contributed by atoms with E-state index in [2.05, 4.69) is 25.7 Å². The van der Waals surface area contributed by atoms with E-state index in [0.29, 0.717) is 6.54 Å². The summed E-state index contributed by atoms with van der Waals surface area (Å²) in [7, 11) is 0. The third-order valence-corrected chi connectivity index (χ3v) is 3.11. The SMILES string of the molecule is C=C(C=N)CC(C)(CC)CCNC(=O)OC(C)(C)C. The van der Waals surface area contributed by atoms with Gasteiger partial charge in [-0.2, -0.15) is 0 Å². The normalized spacial score (nSPS) is 14.4. The number of nitrogens with one attached hydrogen (secondary N) is 2. The van der Waals surface area contributed by atoms with Gasteiger partial charge in [0.15, 0.2) is 0 Å². The van der Waals surface area contributed by atoms with E-state index in [1.165, 1.54) is 6.21 Å². The lowest BCUT2D eigenvalue weighted by molar-refractivity contribution is 0.0520. The standard InChI is InChI=1S/C15H28N2O2/c1-7-15(6,10-12(2)11-16)8-9-17-13(18)19-14(3,4)5/h11,16H,2,7-10H2,1,3-6H3,(H,17,18). The van der Waals surface area contributed by atoms with Gasteiger partial charge in [0.1, 0.15) is 5.60 Å². The molecule has 0 fully saturated rings. The zero-order valence-electron chi connectivity index (χ0n) is 12.9. The first kappa shape index (κ1) is 17.7. The molecule has 1 atom stereocenters. The second kappa shape index (κ2) is 7.31. The smallest absolute Gasteiger partial charge is 0.407 e. The van der Waals surface area contributed by atoms with Gasteiger partial charge < -0.3 is 15.5 Å². The van der Waals surface area contributed by atoms with Crippen molar-refractivity contribution in [1.82, 2.24) is 5.32 Å². The summed E-state index contributed by atoms with van der Waals surface area (Å²) in [5.41, 5.74) is 0.414. The van der Waals surface area contributed by atoms with E-state index < -0.39 is 5.60 Å². The molecule has 4 heteroatoms. The maximum absolute atomic E-state index is 11.5. The molecule has 0 saturated carbocycles. The van der Waals surface area contributed by atoms with Gasteiger partial charge in [0, 0.05) is 12.8 Å². The number of ether oxygens (including phenoxy) is 1. The van der Waals surface area contributed by atoms with E-state index in [1.54, 1.807) is 0 Å². The highest BCUT2D eigenvalue weighted by molar-refractivity contribution is 5.74. The fourth-order valence-electron chi connectivity index (χ4n) is 1.77. The molecule has 0 bridgehead atoms. The number of rotatable bonds is 7. The number of carbonyl (C=O) groups excluding carboxylic acids is 1. The van der Waals surface area contributed by atoms with Crippen LogP contribution >= 0.6 is 0 Å². The first-order chi connectivity index (χ1) is 8.62. The van der Waals surface area contributed by atoms with Crippen LogP contribution < -0.4 is 5.32 Å². The minimum Gasteiger partial charge on any atom is -0.444 e. The van der Waals surface area contributed by atoms with Crippen molar-refractivity contribution in [2.45, 2.75) is 59.5 Å². The molecule has 4 nitrogen and oxygen atoms in total. The Labute approximate surface area is 117 Å². The molecule has 2 N–H and O–H groups in total. The van der Waals surface area contributed by atoms with Crippen LogP contribution in [-0.2, 0) is 4.74 Å². The van der Waals surface area contributed by atoms with Gasteiger partial charge in [-0.05, 0) is 44.6 Å². The van der Waals surface area contributed by atoms with E-state index in [-0.39, 0.29) is 11.5 Å². The first-order valence-corrected chi connectivity index (χ1v) is 6.77. The quantitative estimate of drug-likeness (QED) is 0.687. The summed E-state index contributed by atoms with van der Waals surface area (Å²) in [4.78, 5) is 11.5. The van der Waals surface area contributed by atoms with Crippen LogP contribution in [0.25, 0.3) is 0 Å². The highest BCUT2D eigenvalue weighted by Crippen LogP contribution is 2.32. The van der Waals surface area contributed by atoms with E-state index in [1.807, 2.05) is 20.8 Å². The summed E-state index contributed by atoms with van der Waals surface area (Å²) in [6.07, 6.45) is 3.53. The Bertz CT molecular complexity index is 332. The molecule has 0 aliphatic rings. The lowest BCUT2D eigenvalue weighted by Crippen LogP contribution is -2.34. The Morgan fingerprint density at radius 3 is 2.37 bits per heavy atom. The largest absolute Gasteiger partial charge is 0.444 e. The average Bonchev–Trinajstić information content (AvgIpc) is 2.26. The van der Waals surface area contributed by atoms with Crippen molar-refractivity contribution < 1.29 is 9.53 Å². The number of amides is 1. The second-order valence-corrected chi connectivity index (χ2v) is 6.32. The Morgan fingerprint density at radius 2 is 1.95 bits per heavy atom. The van der Waals surface area contributed by atoms with E-state index >= 15 is 0 Å². The maximum Gasteiger partial charge on any atom is 0.407 e. The molecule has 0 radical (unpaired) electrons. The third kappa shape index (κ3) is 8.41. The highest BCUT2D eigenvalue weighted by atomic mass is 16.6. The summed E-state index contributed by atoms with van der Waals surface area (Å²) >= 11 is 0. The minimum atomic E-state index is -0.466. The molecular weight excluding hydrogens is 240 g/mol. The van der Waals surface area contributed by atoms with Crippen LogP contribution in [0, 0.1) is 10.8 Å². The molecule has 0 aliphatic carbocycles. The van der Waals surface area contributed by atoms with Gasteiger partial charge in [-0.15, -0.1) is 0 Å². The van der Waals surface area contributed by atoms with Crippen LogP contribution in [0.3, 0.4) is 0 Å². The molecule has 0 spiro atoms. The second-order valence-electron chi connectivity index (χ2n) is 6.32. The Balaban J connectivity index is 4.18. The first-order valence-electron chi connectivity index (χ1n) is 6.77. The summed E-state index contributed by atoms with van der Waals surface area (Å²) in [6, 6.07) is 0. The molecule has 0 rings (SSSR count). The summed E-state index contributed by atoms with van der Waals surface area (Å²) in [5.74, 6) is 0. The van der Waals surface area contributed by atoms with E-state index in [4.69, 9.17) is 10.1 Å². The topological polar surface area (TPSA) is 62.2 Å². The Morgan fingerprint density at radius 1 is 1.37 bits per heavy atom. The van der Waals surface area contributed by atoms with Gasteiger partial charge in [-0.25, -0.2) is 4.79 Å². The fourth-order valence-corrected chi connectivity index (χ4v) is 1.77. The number of alkyl carbamates (subject to hydrolysis) is 1. The zero-order valence-corrected chi connectivity index (χ0v) is 12.9. The molecule has 0 saturated heterocycles. The molecule has 0 aromatic rings. The number of allylic oxidation sites excluding steroid dienone is 1. The van der Waals surface area contributed by atoms with Crippen molar-refractivity contribution in [2.24, 2.45) is 5.41 Å². The van der Waals surface area contributed by atoms with Gasteiger partial charge >= 0.3 is 6.09 Å². The van der Waals surface area contributed by atoms with Crippen LogP contribution in [-0.4, -0.2) is 24.5 Å². The lowest BCUT2D eigenvalue weighted by Gasteiger charge is -2.28. The molecule has 1 amide bonds. The molecule has 0 aromatic carbocycles. The van der Waals surface area contributed by atoms with E-state index in [0.717, 1.165) is 24.8 Å². The molecule has 0 aliphatic heterocycles. The van der Waals surface area contributed by atoms with E-state index in [9.17, 15) is 4.79 Å². The summed E-state index contributed by atoms with van der Waals surface area (Å²) in [5, 5.41) is 9.97. The molecule has 19 heavy (non-hydrogen) atoms. The van der Waals surface area contributed by atoms with Crippen molar-refractivity contribution in [3.8, 4) is 0 Å². The molecule has 0 aromatic heterocycles.